The maximum Gasteiger partial charge on any atom is 0.243 e. The van der Waals surface area contributed by atoms with Crippen molar-refractivity contribution in [3.63, 3.8) is 0 Å². The van der Waals surface area contributed by atoms with Crippen molar-refractivity contribution in [2.75, 3.05) is 26.7 Å². The third-order valence-corrected chi connectivity index (χ3v) is 5.69. The number of carbonyl (C=O) groups excluding carboxylic acids is 1. The zero-order chi connectivity index (χ0) is 16.5. The molecule has 7 heteroatoms. The molecular weight excluding hydrogens is 304 g/mol. The monoisotopic (exact) mass is 326 g/mol. The van der Waals surface area contributed by atoms with Crippen LogP contribution in [0.2, 0.25) is 0 Å². The van der Waals surface area contributed by atoms with Crippen LogP contribution in [-0.2, 0) is 14.8 Å². The molecule has 122 valence electrons. The smallest absolute Gasteiger partial charge is 0.243 e. The van der Waals surface area contributed by atoms with Crippen molar-refractivity contribution >= 4 is 15.9 Å². The topological polar surface area (TPSA) is 66.9 Å². The Hall–Kier alpha value is -1.60. The van der Waals surface area contributed by atoms with Gasteiger partial charge in [0.15, 0.2) is 0 Å². The van der Waals surface area contributed by atoms with E-state index in [-0.39, 0.29) is 23.4 Å². The van der Waals surface area contributed by atoms with Gasteiger partial charge in [0.25, 0.3) is 0 Å². The highest BCUT2D eigenvalue weighted by Crippen LogP contribution is 2.24. The van der Waals surface area contributed by atoms with E-state index >= 15 is 0 Å². The molecule has 0 bridgehead atoms. The first-order chi connectivity index (χ1) is 10.3. The lowest BCUT2D eigenvalue weighted by atomic mass is 10.2. The minimum atomic E-state index is -3.66. The van der Waals surface area contributed by atoms with Crippen molar-refractivity contribution in [3.8, 4) is 5.75 Å². The second-order valence-electron chi connectivity index (χ2n) is 5.65. The Morgan fingerprint density at radius 2 is 1.91 bits per heavy atom. The fraction of sp³-hybridized carbons (Fsp3) is 0.533. The maximum atomic E-state index is 12.7. The van der Waals surface area contributed by atoms with Gasteiger partial charge in [-0.2, -0.15) is 4.31 Å². The third kappa shape index (κ3) is 3.10. The number of aryl methyl sites for hydroxylation is 1. The van der Waals surface area contributed by atoms with E-state index in [2.05, 4.69) is 0 Å². The molecule has 0 radical (unpaired) electrons. The molecule has 6 nitrogen and oxygen atoms in total. The van der Waals surface area contributed by atoms with E-state index in [1.807, 2.05) is 13.8 Å². The van der Waals surface area contributed by atoms with Gasteiger partial charge in [-0.3, -0.25) is 4.79 Å². The van der Waals surface area contributed by atoms with Gasteiger partial charge in [-0.1, -0.05) is 0 Å². The number of ether oxygens (including phenoxy) is 1. The predicted molar refractivity (Wildman–Crippen MR) is 83.3 cm³/mol. The van der Waals surface area contributed by atoms with Crippen molar-refractivity contribution in [3.05, 3.63) is 23.8 Å². The number of methoxy groups -OCH3 is 1. The molecule has 1 aliphatic heterocycles. The minimum absolute atomic E-state index is 0.0839. The van der Waals surface area contributed by atoms with Gasteiger partial charge in [-0.15, -0.1) is 0 Å². The molecule has 0 aromatic heterocycles. The van der Waals surface area contributed by atoms with Crippen molar-refractivity contribution < 1.29 is 17.9 Å². The molecule has 1 aromatic rings. The standard InChI is InChI=1S/C15H22N2O4S/c1-11(2)17-8-7-16(10-15(17)18)22(19,20)13-5-6-14(21-4)12(3)9-13/h5-6,9,11H,7-8,10H2,1-4H3. The summed E-state index contributed by atoms with van der Waals surface area (Å²) in [7, 11) is -2.12. The number of carbonyl (C=O) groups is 1. The first-order valence-corrected chi connectivity index (χ1v) is 8.65. The second-order valence-corrected chi connectivity index (χ2v) is 7.59. The lowest BCUT2D eigenvalue weighted by Gasteiger charge is -2.36. The molecule has 0 atom stereocenters. The van der Waals surface area contributed by atoms with Gasteiger partial charge in [0, 0.05) is 19.1 Å². The molecule has 2 rings (SSSR count). The number of sulfonamides is 1. The molecular formula is C15H22N2O4S. The zero-order valence-electron chi connectivity index (χ0n) is 13.4. The summed E-state index contributed by atoms with van der Waals surface area (Å²) in [5.74, 6) is 0.481. The molecule has 0 saturated carbocycles. The van der Waals surface area contributed by atoms with E-state index in [1.165, 1.54) is 10.4 Å². The number of hydrogen-bond donors (Lipinski definition) is 0. The highest BCUT2D eigenvalue weighted by atomic mass is 32.2. The normalized spacial score (nSPS) is 17.1. The SMILES string of the molecule is COc1ccc(S(=O)(=O)N2CCN(C(C)C)C(=O)C2)cc1C. The Labute approximate surface area is 131 Å². The van der Waals surface area contributed by atoms with Gasteiger partial charge < -0.3 is 9.64 Å². The molecule has 1 saturated heterocycles. The van der Waals surface area contributed by atoms with Crippen LogP contribution in [0.3, 0.4) is 0 Å². The van der Waals surface area contributed by atoms with Crippen LogP contribution < -0.4 is 4.74 Å². The molecule has 1 aromatic carbocycles. The quantitative estimate of drug-likeness (QED) is 0.835. The highest BCUT2D eigenvalue weighted by Gasteiger charge is 2.33. The van der Waals surface area contributed by atoms with Crippen molar-refractivity contribution in [2.24, 2.45) is 0 Å². The summed E-state index contributed by atoms with van der Waals surface area (Å²) in [5.41, 5.74) is 0.746. The molecule has 22 heavy (non-hydrogen) atoms. The molecule has 0 aliphatic carbocycles. The van der Waals surface area contributed by atoms with Gasteiger partial charge in [-0.05, 0) is 44.5 Å². The minimum Gasteiger partial charge on any atom is -0.496 e. The van der Waals surface area contributed by atoms with E-state index in [0.717, 1.165) is 5.56 Å². The Kier molecular flexibility index (Phi) is 4.77. The second kappa shape index (κ2) is 6.26. The molecule has 1 fully saturated rings. The van der Waals surface area contributed by atoms with Gasteiger partial charge >= 0.3 is 0 Å². The molecule has 0 spiro atoms. The fourth-order valence-electron chi connectivity index (χ4n) is 2.58. The van der Waals surface area contributed by atoms with Gasteiger partial charge in [0.1, 0.15) is 5.75 Å². The number of amides is 1. The average Bonchev–Trinajstić information content (AvgIpc) is 2.46. The first-order valence-electron chi connectivity index (χ1n) is 7.21. The van der Waals surface area contributed by atoms with Gasteiger partial charge in [0.05, 0.1) is 18.6 Å². The molecule has 1 aliphatic rings. The lowest BCUT2D eigenvalue weighted by Crippen LogP contribution is -2.54. The number of benzene rings is 1. The lowest BCUT2D eigenvalue weighted by molar-refractivity contribution is -0.135. The van der Waals surface area contributed by atoms with E-state index < -0.39 is 10.0 Å². The molecule has 1 amide bonds. The van der Waals surface area contributed by atoms with Crippen LogP contribution in [0.1, 0.15) is 19.4 Å². The van der Waals surface area contributed by atoms with Crippen molar-refractivity contribution in [1.29, 1.82) is 0 Å². The zero-order valence-corrected chi connectivity index (χ0v) is 14.2. The van der Waals surface area contributed by atoms with Crippen LogP contribution in [0.15, 0.2) is 23.1 Å². The highest BCUT2D eigenvalue weighted by molar-refractivity contribution is 7.89. The maximum absolute atomic E-state index is 12.7. The van der Waals surface area contributed by atoms with E-state index in [4.69, 9.17) is 4.74 Å². The number of rotatable bonds is 4. The summed E-state index contributed by atoms with van der Waals surface area (Å²) in [6, 6.07) is 4.81. The van der Waals surface area contributed by atoms with Crippen LogP contribution in [0.5, 0.6) is 5.75 Å². The first kappa shape index (κ1) is 16.8. The van der Waals surface area contributed by atoms with Crippen LogP contribution in [-0.4, -0.2) is 56.3 Å². The average molecular weight is 326 g/mol. The summed E-state index contributed by atoms with van der Waals surface area (Å²) in [6.07, 6.45) is 0. The Morgan fingerprint density at radius 1 is 1.23 bits per heavy atom. The summed E-state index contributed by atoms with van der Waals surface area (Å²) in [5, 5.41) is 0. The van der Waals surface area contributed by atoms with Crippen LogP contribution in [0.4, 0.5) is 0 Å². The Bertz CT molecular complexity index is 670. The summed E-state index contributed by atoms with van der Waals surface area (Å²) in [6.45, 7) is 6.28. The Morgan fingerprint density at radius 3 is 2.41 bits per heavy atom. The van der Waals surface area contributed by atoms with Gasteiger partial charge in [-0.25, -0.2) is 8.42 Å². The largest absolute Gasteiger partial charge is 0.496 e. The fourth-order valence-corrected chi connectivity index (χ4v) is 4.04. The van der Waals surface area contributed by atoms with Crippen LogP contribution in [0.25, 0.3) is 0 Å². The van der Waals surface area contributed by atoms with Crippen molar-refractivity contribution in [1.82, 2.24) is 9.21 Å². The van der Waals surface area contributed by atoms with Crippen LogP contribution in [0, 0.1) is 6.92 Å². The number of hydrogen-bond acceptors (Lipinski definition) is 4. The van der Waals surface area contributed by atoms with E-state index in [9.17, 15) is 13.2 Å². The predicted octanol–water partition coefficient (Wildman–Crippen LogP) is 1.24. The molecule has 0 unspecified atom stereocenters. The number of piperazine rings is 1. The number of nitrogens with zero attached hydrogens (tertiary/aromatic N) is 2. The summed E-state index contributed by atoms with van der Waals surface area (Å²) >= 11 is 0. The van der Waals surface area contributed by atoms with Crippen molar-refractivity contribution in [2.45, 2.75) is 31.7 Å². The summed E-state index contributed by atoms with van der Waals surface area (Å²) < 4.78 is 31.7. The third-order valence-electron chi connectivity index (χ3n) is 3.85. The van der Waals surface area contributed by atoms with Gasteiger partial charge in [0.2, 0.25) is 15.9 Å². The molecule has 0 N–H and O–H groups in total. The van der Waals surface area contributed by atoms with E-state index in [0.29, 0.717) is 18.8 Å². The molecule has 1 heterocycles. The Balaban J connectivity index is 2.25. The summed E-state index contributed by atoms with van der Waals surface area (Å²) in [4.78, 5) is 14.0. The van der Waals surface area contributed by atoms with E-state index in [1.54, 1.807) is 31.1 Å². The van der Waals surface area contributed by atoms with Crippen LogP contribution >= 0.6 is 0 Å².